The van der Waals surface area contributed by atoms with Gasteiger partial charge in [-0.15, -0.1) is 6.42 Å². The summed E-state index contributed by atoms with van der Waals surface area (Å²) < 4.78 is 0. The molecule has 0 aliphatic heterocycles. The maximum Gasteiger partial charge on any atom is 0.295 e. The monoisotopic (exact) mass is 151 g/mol. The molecular formula is C9H13NO. The molecule has 0 saturated heterocycles. The molecule has 0 atom stereocenters. The van der Waals surface area contributed by atoms with Crippen LogP contribution < -0.4 is 5.32 Å². The molecule has 1 saturated carbocycles. The van der Waals surface area contributed by atoms with E-state index in [1.54, 1.807) is 0 Å². The lowest BCUT2D eigenvalue weighted by atomic mass is 10.1. The summed E-state index contributed by atoms with van der Waals surface area (Å²) in [6.07, 6.45) is 8.51. The van der Waals surface area contributed by atoms with Crippen molar-refractivity contribution >= 4 is 5.91 Å². The molecule has 0 aromatic rings. The number of hydrogen-bond donors (Lipinski definition) is 1. The van der Waals surface area contributed by atoms with E-state index in [4.69, 9.17) is 6.42 Å². The molecule has 1 fully saturated rings. The van der Waals surface area contributed by atoms with Crippen LogP contribution in [0.15, 0.2) is 0 Å². The number of hydrogen-bond acceptors (Lipinski definition) is 1. The molecule has 0 aromatic carbocycles. The first kappa shape index (κ1) is 8.13. The predicted molar refractivity (Wildman–Crippen MR) is 43.8 cm³/mol. The van der Waals surface area contributed by atoms with Crippen LogP contribution in [0.4, 0.5) is 0 Å². The lowest BCUT2D eigenvalue weighted by Crippen LogP contribution is -2.23. The fourth-order valence-electron chi connectivity index (χ4n) is 0.992. The van der Waals surface area contributed by atoms with Crippen LogP contribution in [0.3, 0.4) is 0 Å². The lowest BCUT2D eigenvalue weighted by molar-refractivity contribution is -0.115. The summed E-state index contributed by atoms with van der Waals surface area (Å²) in [5, 5.41) is 2.65. The summed E-state index contributed by atoms with van der Waals surface area (Å²) in [5.74, 6) is 1.72. The van der Waals surface area contributed by atoms with Gasteiger partial charge in [0.25, 0.3) is 5.91 Å². The zero-order valence-electron chi connectivity index (χ0n) is 6.81. The zero-order chi connectivity index (χ0) is 8.32. The predicted octanol–water partition coefficient (Wildman–Crippen LogP) is 0.926. The van der Waals surface area contributed by atoms with Gasteiger partial charge in [-0.3, -0.25) is 4.79 Å². The fraction of sp³-hybridized carbons (Fsp3) is 0.667. The maximum absolute atomic E-state index is 10.6. The molecule has 0 heterocycles. The minimum absolute atomic E-state index is 0.297. The number of nitrogens with one attached hydrogen (secondary N) is 1. The highest BCUT2D eigenvalue weighted by Gasteiger charge is 2.36. The van der Waals surface area contributed by atoms with Crippen molar-refractivity contribution in [1.82, 2.24) is 5.32 Å². The van der Waals surface area contributed by atoms with Gasteiger partial charge in [0.1, 0.15) is 0 Å². The highest BCUT2D eigenvalue weighted by atomic mass is 16.1. The quantitative estimate of drug-likeness (QED) is 0.597. The van der Waals surface area contributed by atoms with E-state index in [0.717, 1.165) is 13.0 Å². The van der Waals surface area contributed by atoms with Crippen LogP contribution in [0.25, 0.3) is 0 Å². The Labute approximate surface area is 67.4 Å². The summed E-state index contributed by atoms with van der Waals surface area (Å²) in [4.78, 5) is 10.6. The Balaban J connectivity index is 2.06. The summed E-state index contributed by atoms with van der Waals surface area (Å²) in [7, 11) is 0. The molecule has 1 aliphatic carbocycles. The maximum atomic E-state index is 10.6. The normalized spacial score (nSPS) is 18.5. The standard InChI is InChI=1S/C9H13NO/c1-3-8(11)10-7-6-9(2)4-5-9/h1H,4-7H2,2H3,(H,10,11). The minimum atomic E-state index is -0.297. The van der Waals surface area contributed by atoms with Gasteiger partial charge in [0, 0.05) is 6.54 Å². The zero-order valence-corrected chi connectivity index (χ0v) is 6.81. The number of amides is 1. The first-order valence-corrected chi connectivity index (χ1v) is 3.91. The largest absolute Gasteiger partial charge is 0.345 e. The third kappa shape index (κ3) is 2.63. The lowest BCUT2D eigenvalue weighted by Gasteiger charge is -2.06. The molecule has 2 heteroatoms. The van der Waals surface area contributed by atoms with Crippen LogP contribution >= 0.6 is 0 Å². The Morgan fingerprint density at radius 1 is 1.73 bits per heavy atom. The molecule has 0 bridgehead atoms. The van der Waals surface area contributed by atoms with Gasteiger partial charge in [0.15, 0.2) is 0 Å². The third-order valence-electron chi connectivity index (χ3n) is 2.25. The molecule has 1 N–H and O–H groups in total. The van der Waals surface area contributed by atoms with E-state index >= 15 is 0 Å². The number of carbonyl (C=O) groups excluding carboxylic acids is 1. The molecular weight excluding hydrogens is 138 g/mol. The summed E-state index contributed by atoms with van der Waals surface area (Å²) in [6.45, 7) is 2.95. The first-order valence-electron chi connectivity index (χ1n) is 3.91. The topological polar surface area (TPSA) is 29.1 Å². The van der Waals surface area contributed by atoms with Crippen molar-refractivity contribution in [2.45, 2.75) is 26.2 Å². The number of rotatable bonds is 3. The molecule has 1 amide bonds. The average Bonchev–Trinajstić information content (AvgIpc) is 2.68. The average molecular weight is 151 g/mol. The van der Waals surface area contributed by atoms with E-state index in [0.29, 0.717) is 5.41 Å². The molecule has 11 heavy (non-hydrogen) atoms. The van der Waals surface area contributed by atoms with Crippen molar-refractivity contribution in [1.29, 1.82) is 0 Å². The van der Waals surface area contributed by atoms with Crippen molar-refractivity contribution < 1.29 is 4.79 Å². The van der Waals surface area contributed by atoms with E-state index in [2.05, 4.69) is 12.2 Å². The van der Waals surface area contributed by atoms with Gasteiger partial charge in [-0.2, -0.15) is 0 Å². The smallest absolute Gasteiger partial charge is 0.295 e. The van der Waals surface area contributed by atoms with Crippen LogP contribution in [0.1, 0.15) is 26.2 Å². The van der Waals surface area contributed by atoms with E-state index in [1.807, 2.05) is 5.92 Å². The van der Waals surface area contributed by atoms with Crippen molar-refractivity contribution in [2.24, 2.45) is 5.41 Å². The van der Waals surface area contributed by atoms with Gasteiger partial charge in [0.05, 0.1) is 0 Å². The van der Waals surface area contributed by atoms with E-state index in [1.165, 1.54) is 12.8 Å². The van der Waals surface area contributed by atoms with Crippen molar-refractivity contribution in [3.05, 3.63) is 0 Å². The van der Waals surface area contributed by atoms with Gasteiger partial charge < -0.3 is 5.32 Å². The van der Waals surface area contributed by atoms with Gasteiger partial charge in [-0.1, -0.05) is 6.92 Å². The minimum Gasteiger partial charge on any atom is -0.345 e. The Morgan fingerprint density at radius 2 is 2.36 bits per heavy atom. The molecule has 0 radical (unpaired) electrons. The van der Waals surface area contributed by atoms with Crippen molar-refractivity contribution in [3.8, 4) is 12.3 Å². The Bertz CT molecular complexity index is 198. The first-order chi connectivity index (χ1) is 5.16. The van der Waals surface area contributed by atoms with Crippen LogP contribution in [-0.4, -0.2) is 12.5 Å². The van der Waals surface area contributed by atoms with E-state index in [9.17, 15) is 4.79 Å². The summed E-state index contributed by atoms with van der Waals surface area (Å²) in [5.41, 5.74) is 0.502. The van der Waals surface area contributed by atoms with Gasteiger partial charge in [-0.05, 0) is 30.6 Å². The van der Waals surface area contributed by atoms with Gasteiger partial charge in [-0.25, -0.2) is 0 Å². The van der Waals surface area contributed by atoms with E-state index < -0.39 is 0 Å². The second-order valence-corrected chi connectivity index (χ2v) is 3.46. The second-order valence-electron chi connectivity index (χ2n) is 3.46. The fourth-order valence-corrected chi connectivity index (χ4v) is 0.992. The SMILES string of the molecule is C#CC(=O)NCCC1(C)CC1. The van der Waals surface area contributed by atoms with E-state index in [-0.39, 0.29) is 5.91 Å². The third-order valence-corrected chi connectivity index (χ3v) is 2.25. The second kappa shape index (κ2) is 2.96. The van der Waals surface area contributed by atoms with Crippen LogP contribution in [0.5, 0.6) is 0 Å². The molecule has 0 aromatic heterocycles. The molecule has 60 valence electrons. The van der Waals surface area contributed by atoms with Gasteiger partial charge >= 0.3 is 0 Å². The Morgan fingerprint density at radius 3 is 2.82 bits per heavy atom. The van der Waals surface area contributed by atoms with Crippen LogP contribution in [0, 0.1) is 17.8 Å². The molecule has 0 unspecified atom stereocenters. The van der Waals surface area contributed by atoms with Crippen molar-refractivity contribution in [2.75, 3.05) is 6.54 Å². The van der Waals surface area contributed by atoms with Gasteiger partial charge in [0.2, 0.25) is 0 Å². The number of carbonyl (C=O) groups is 1. The van der Waals surface area contributed by atoms with Crippen LogP contribution in [-0.2, 0) is 4.79 Å². The highest BCUT2D eigenvalue weighted by molar-refractivity contribution is 5.92. The molecule has 1 rings (SSSR count). The Hall–Kier alpha value is -0.970. The number of terminal acetylenes is 1. The molecule has 2 nitrogen and oxygen atoms in total. The summed E-state index contributed by atoms with van der Waals surface area (Å²) >= 11 is 0. The van der Waals surface area contributed by atoms with Crippen LogP contribution in [0.2, 0.25) is 0 Å². The molecule has 1 aliphatic rings. The highest BCUT2D eigenvalue weighted by Crippen LogP contribution is 2.47. The summed E-state index contributed by atoms with van der Waals surface area (Å²) in [6, 6.07) is 0. The van der Waals surface area contributed by atoms with Crippen molar-refractivity contribution in [3.63, 3.8) is 0 Å². The molecule has 0 spiro atoms. The Kier molecular flexibility index (Phi) is 2.19.